The zero-order valence-electron chi connectivity index (χ0n) is 15.7. The Hall–Kier alpha value is -3.66. The minimum atomic E-state index is -4.74. The molecule has 10 heteroatoms. The fourth-order valence-electron chi connectivity index (χ4n) is 2.89. The first-order chi connectivity index (χ1) is 14.7. The molecule has 0 aliphatic carbocycles. The van der Waals surface area contributed by atoms with Crippen molar-refractivity contribution in [3.8, 4) is 0 Å². The van der Waals surface area contributed by atoms with E-state index >= 15 is 0 Å². The topological polar surface area (TPSA) is 85.1 Å². The van der Waals surface area contributed by atoms with Gasteiger partial charge in [-0.05, 0) is 35.2 Å². The molecular weight excluding hydrogens is 431 g/mol. The second kappa shape index (κ2) is 7.88. The predicted octanol–water partition coefficient (Wildman–Crippen LogP) is 5.21. The van der Waals surface area contributed by atoms with E-state index in [4.69, 9.17) is 0 Å². The van der Waals surface area contributed by atoms with Crippen LogP contribution >= 0.6 is 0 Å². The highest BCUT2D eigenvalue weighted by Crippen LogP contribution is 2.28. The van der Waals surface area contributed by atoms with E-state index in [1.54, 1.807) is 18.2 Å². The molecule has 0 amide bonds. The number of fused-ring (bicyclic) bond motifs is 1. The number of halogens is 3. The van der Waals surface area contributed by atoms with Gasteiger partial charge < -0.3 is 4.52 Å². The molecule has 6 nitrogen and oxygen atoms in total. The molecule has 158 valence electrons. The number of aromatic nitrogens is 2. The Morgan fingerprint density at radius 2 is 1.68 bits per heavy atom. The molecule has 0 fully saturated rings. The van der Waals surface area contributed by atoms with Gasteiger partial charge in [0, 0.05) is 5.39 Å². The summed E-state index contributed by atoms with van der Waals surface area (Å²) in [5.41, 5.74) is 0.865. The van der Waals surface area contributed by atoms with Crippen molar-refractivity contribution in [2.75, 3.05) is 4.72 Å². The third-order valence-corrected chi connectivity index (χ3v) is 5.67. The fourth-order valence-corrected chi connectivity index (χ4v) is 4.03. The van der Waals surface area contributed by atoms with Gasteiger partial charge in [0.1, 0.15) is 0 Å². The summed E-state index contributed by atoms with van der Waals surface area (Å²) in [4.78, 5) is 3.22. The van der Waals surface area contributed by atoms with Crippen molar-refractivity contribution in [1.29, 1.82) is 0 Å². The Balaban J connectivity index is 1.59. The van der Waals surface area contributed by atoms with Crippen LogP contribution in [0.25, 0.3) is 22.9 Å². The standard InChI is InChI=1S/C21H14F3N3O3S/c22-21(23,24)20-25-19(26-30-20)12-11-14-5-3-8-16(13-14)31(28,29)27-18-10-4-7-15-6-1-2-9-17(15)18/h1-13,27H. The lowest BCUT2D eigenvalue weighted by molar-refractivity contribution is -0.159. The third-order valence-electron chi connectivity index (χ3n) is 4.31. The molecule has 1 heterocycles. The maximum absolute atomic E-state index is 12.9. The highest BCUT2D eigenvalue weighted by Gasteiger charge is 2.38. The zero-order chi connectivity index (χ0) is 22.1. The molecule has 0 spiro atoms. The number of alkyl halides is 3. The average molecular weight is 445 g/mol. The van der Waals surface area contributed by atoms with Gasteiger partial charge in [0.05, 0.1) is 10.6 Å². The second-order valence-electron chi connectivity index (χ2n) is 6.49. The van der Waals surface area contributed by atoms with Crippen LogP contribution in [0.4, 0.5) is 18.9 Å². The Morgan fingerprint density at radius 1 is 0.935 bits per heavy atom. The maximum atomic E-state index is 12.9. The molecule has 0 saturated carbocycles. The van der Waals surface area contributed by atoms with Crippen LogP contribution in [0.3, 0.4) is 0 Å². The monoisotopic (exact) mass is 445 g/mol. The molecule has 0 atom stereocenters. The molecule has 1 aromatic heterocycles. The Labute approximate surface area is 175 Å². The van der Waals surface area contributed by atoms with Gasteiger partial charge in [-0.3, -0.25) is 4.72 Å². The Kier molecular flexibility index (Phi) is 5.24. The lowest BCUT2D eigenvalue weighted by Crippen LogP contribution is -2.13. The lowest BCUT2D eigenvalue weighted by Gasteiger charge is -2.11. The zero-order valence-corrected chi connectivity index (χ0v) is 16.5. The van der Waals surface area contributed by atoms with Crippen molar-refractivity contribution in [3.63, 3.8) is 0 Å². The van der Waals surface area contributed by atoms with Crippen molar-refractivity contribution in [3.05, 3.63) is 84.0 Å². The molecule has 0 bridgehead atoms. The number of sulfonamides is 1. The first-order valence-electron chi connectivity index (χ1n) is 8.92. The van der Waals surface area contributed by atoms with Crippen molar-refractivity contribution in [2.45, 2.75) is 11.1 Å². The van der Waals surface area contributed by atoms with Gasteiger partial charge >= 0.3 is 12.1 Å². The molecule has 0 aliphatic heterocycles. The minimum absolute atomic E-state index is 0.00771. The summed E-state index contributed by atoms with van der Waals surface area (Å²) in [7, 11) is -3.91. The number of hydrogen-bond donors (Lipinski definition) is 1. The van der Waals surface area contributed by atoms with Crippen molar-refractivity contribution < 1.29 is 26.1 Å². The summed E-state index contributed by atoms with van der Waals surface area (Å²) < 4.78 is 70.1. The summed E-state index contributed by atoms with van der Waals surface area (Å²) in [6.45, 7) is 0. The summed E-state index contributed by atoms with van der Waals surface area (Å²) in [6.07, 6.45) is -2.15. The van der Waals surface area contributed by atoms with Crippen molar-refractivity contribution in [2.24, 2.45) is 0 Å². The van der Waals surface area contributed by atoms with Crippen LogP contribution in [0.5, 0.6) is 0 Å². The van der Waals surface area contributed by atoms with Gasteiger partial charge in [0.25, 0.3) is 10.0 Å². The van der Waals surface area contributed by atoms with Gasteiger partial charge in [0.15, 0.2) is 5.82 Å². The number of rotatable bonds is 5. The molecule has 0 saturated heterocycles. The van der Waals surface area contributed by atoms with Crippen LogP contribution in [0.15, 0.2) is 76.1 Å². The van der Waals surface area contributed by atoms with Gasteiger partial charge in [-0.15, -0.1) is 0 Å². The highest BCUT2D eigenvalue weighted by molar-refractivity contribution is 7.92. The van der Waals surface area contributed by atoms with Crippen LogP contribution < -0.4 is 4.72 Å². The molecule has 31 heavy (non-hydrogen) atoms. The lowest BCUT2D eigenvalue weighted by atomic mass is 10.1. The van der Waals surface area contributed by atoms with E-state index in [0.29, 0.717) is 11.3 Å². The van der Waals surface area contributed by atoms with Gasteiger partial charge in [-0.1, -0.05) is 59.8 Å². The number of nitrogens with one attached hydrogen (secondary N) is 1. The van der Waals surface area contributed by atoms with Crippen molar-refractivity contribution >= 4 is 38.6 Å². The quantitative estimate of drug-likeness (QED) is 0.456. The number of anilines is 1. The molecule has 0 radical (unpaired) electrons. The molecule has 1 N–H and O–H groups in total. The van der Waals surface area contributed by atoms with Crippen LogP contribution in [0.1, 0.15) is 17.3 Å². The molecule has 4 aromatic rings. The van der Waals surface area contributed by atoms with E-state index in [1.165, 1.54) is 30.4 Å². The predicted molar refractivity (Wildman–Crippen MR) is 109 cm³/mol. The van der Waals surface area contributed by atoms with Crippen LogP contribution in [-0.4, -0.2) is 18.6 Å². The largest absolute Gasteiger partial charge is 0.471 e. The van der Waals surface area contributed by atoms with Crippen LogP contribution in [-0.2, 0) is 16.2 Å². The van der Waals surface area contributed by atoms with E-state index < -0.39 is 22.1 Å². The highest BCUT2D eigenvalue weighted by atomic mass is 32.2. The average Bonchev–Trinajstić information content (AvgIpc) is 3.22. The van der Waals surface area contributed by atoms with Gasteiger partial charge in [-0.25, -0.2) is 8.42 Å². The van der Waals surface area contributed by atoms with Crippen molar-refractivity contribution in [1.82, 2.24) is 10.1 Å². The van der Waals surface area contributed by atoms with E-state index in [9.17, 15) is 21.6 Å². The molecular formula is C21H14F3N3O3S. The molecule has 4 rings (SSSR count). The van der Waals surface area contributed by atoms with E-state index in [1.807, 2.05) is 30.3 Å². The summed E-state index contributed by atoms with van der Waals surface area (Å²) >= 11 is 0. The number of nitrogens with zero attached hydrogens (tertiary/aromatic N) is 2. The first kappa shape index (κ1) is 20.6. The molecule has 0 unspecified atom stereocenters. The molecule has 3 aromatic carbocycles. The molecule has 0 aliphatic rings. The van der Waals surface area contributed by atoms with Crippen LogP contribution in [0.2, 0.25) is 0 Å². The minimum Gasteiger partial charge on any atom is -0.329 e. The summed E-state index contributed by atoms with van der Waals surface area (Å²) in [6, 6.07) is 18.6. The van der Waals surface area contributed by atoms with E-state index in [-0.39, 0.29) is 10.7 Å². The SMILES string of the molecule is O=S(=O)(Nc1cccc2ccccc12)c1cccc(C=Cc2noc(C(F)(F)F)n2)c1. The van der Waals surface area contributed by atoms with Gasteiger partial charge in [-0.2, -0.15) is 18.2 Å². The summed E-state index contributed by atoms with van der Waals surface area (Å²) in [5.74, 6) is -1.74. The second-order valence-corrected chi connectivity index (χ2v) is 8.18. The van der Waals surface area contributed by atoms with Crippen LogP contribution in [0, 0.1) is 0 Å². The summed E-state index contributed by atoms with van der Waals surface area (Å²) in [5, 5.41) is 4.87. The Morgan fingerprint density at radius 3 is 2.45 bits per heavy atom. The smallest absolute Gasteiger partial charge is 0.329 e. The number of hydrogen-bond acceptors (Lipinski definition) is 5. The maximum Gasteiger partial charge on any atom is 0.471 e. The van der Waals surface area contributed by atoms with Gasteiger partial charge in [0.2, 0.25) is 0 Å². The normalized spacial score (nSPS) is 12.5. The first-order valence-corrected chi connectivity index (χ1v) is 10.4. The fraction of sp³-hybridized carbons (Fsp3) is 0.0476. The third kappa shape index (κ3) is 4.58. The van der Waals surface area contributed by atoms with E-state index in [2.05, 4.69) is 19.4 Å². The Bertz CT molecular complexity index is 1370. The van der Waals surface area contributed by atoms with E-state index in [0.717, 1.165) is 10.8 Å². The number of benzene rings is 3.